The molecular weight excluding hydrogens is 342 g/mol. The molecule has 2 aromatic rings. The zero-order chi connectivity index (χ0) is 19.4. The van der Waals surface area contributed by atoms with E-state index in [0.717, 1.165) is 36.8 Å². The van der Waals surface area contributed by atoms with Gasteiger partial charge in [-0.25, -0.2) is 0 Å². The van der Waals surface area contributed by atoms with Crippen LogP contribution in [0.4, 0.5) is 0 Å². The predicted molar refractivity (Wildman–Crippen MR) is 104 cm³/mol. The second kappa shape index (κ2) is 8.54. The average molecular weight is 371 g/mol. The monoisotopic (exact) mass is 371 g/mol. The fraction of sp³-hybridized carbons (Fsp3) is 0.500. The summed E-state index contributed by atoms with van der Waals surface area (Å²) in [6, 6.07) is 10.1. The Morgan fingerprint density at radius 2 is 2.15 bits per heavy atom. The smallest absolute Gasteiger partial charge is 0.239 e. The molecule has 1 N–H and O–H groups in total. The molecule has 0 saturated carbocycles. The average Bonchev–Trinajstić information content (AvgIpc) is 3.07. The first-order valence-electron chi connectivity index (χ1n) is 9.33. The number of carbonyl (C=O) groups excluding carboxylic acids is 1. The molecule has 0 saturated heterocycles. The van der Waals surface area contributed by atoms with Crippen LogP contribution in [0.1, 0.15) is 23.9 Å². The Kier molecular flexibility index (Phi) is 6.13. The molecular formula is C20H29N5O2. The van der Waals surface area contributed by atoms with Gasteiger partial charge < -0.3 is 15.0 Å². The molecule has 1 aromatic carbocycles. The Morgan fingerprint density at radius 1 is 1.33 bits per heavy atom. The highest BCUT2D eigenvalue weighted by Crippen LogP contribution is 2.17. The van der Waals surface area contributed by atoms with Crippen LogP contribution in [0.5, 0.6) is 5.75 Å². The van der Waals surface area contributed by atoms with E-state index in [-0.39, 0.29) is 11.9 Å². The molecule has 1 aliphatic rings. The van der Waals surface area contributed by atoms with Crippen LogP contribution in [-0.4, -0.2) is 59.3 Å². The SMILES string of the molecule is CN[C@@H](C)C(=O)N1CCn2nc(CN(C)Cc3cccc(OC)c3)cc2C1. The van der Waals surface area contributed by atoms with Gasteiger partial charge in [-0.15, -0.1) is 0 Å². The van der Waals surface area contributed by atoms with Gasteiger partial charge in [0.15, 0.2) is 0 Å². The zero-order valence-electron chi connectivity index (χ0n) is 16.6. The van der Waals surface area contributed by atoms with E-state index in [9.17, 15) is 4.79 Å². The van der Waals surface area contributed by atoms with Gasteiger partial charge in [-0.3, -0.25) is 14.4 Å². The summed E-state index contributed by atoms with van der Waals surface area (Å²) >= 11 is 0. The number of fused-ring (bicyclic) bond motifs is 1. The Balaban J connectivity index is 1.61. The van der Waals surface area contributed by atoms with Crippen LogP contribution < -0.4 is 10.1 Å². The van der Waals surface area contributed by atoms with E-state index >= 15 is 0 Å². The van der Waals surface area contributed by atoms with Gasteiger partial charge >= 0.3 is 0 Å². The highest BCUT2D eigenvalue weighted by atomic mass is 16.5. The van der Waals surface area contributed by atoms with Gasteiger partial charge in [-0.05, 0) is 44.8 Å². The molecule has 0 aliphatic carbocycles. The van der Waals surface area contributed by atoms with Crippen LogP contribution in [0, 0.1) is 0 Å². The van der Waals surface area contributed by atoms with E-state index in [4.69, 9.17) is 9.84 Å². The maximum Gasteiger partial charge on any atom is 0.239 e. The second-order valence-corrected chi connectivity index (χ2v) is 7.14. The normalized spacial score (nSPS) is 14.9. The molecule has 1 atom stereocenters. The lowest BCUT2D eigenvalue weighted by atomic mass is 10.2. The molecule has 0 bridgehead atoms. The van der Waals surface area contributed by atoms with E-state index in [1.165, 1.54) is 5.56 Å². The molecule has 0 unspecified atom stereocenters. The number of hydrogen-bond donors (Lipinski definition) is 1. The van der Waals surface area contributed by atoms with Crippen LogP contribution in [0.2, 0.25) is 0 Å². The molecule has 1 aliphatic heterocycles. The van der Waals surface area contributed by atoms with Crippen molar-refractivity contribution in [1.82, 2.24) is 24.9 Å². The lowest BCUT2D eigenvalue weighted by Crippen LogP contribution is -2.46. The summed E-state index contributed by atoms with van der Waals surface area (Å²) in [5.41, 5.74) is 3.34. The number of benzene rings is 1. The number of hydrogen-bond acceptors (Lipinski definition) is 5. The number of nitrogens with one attached hydrogen (secondary N) is 1. The molecule has 7 heteroatoms. The molecule has 0 spiro atoms. The van der Waals surface area contributed by atoms with Crippen molar-refractivity contribution in [2.45, 2.75) is 39.1 Å². The molecule has 146 valence electrons. The van der Waals surface area contributed by atoms with E-state index in [0.29, 0.717) is 13.1 Å². The maximum atomic E-state index is 12.4. The van der Waals surface area contributed by atoms with Gasteiger partial charge in [0, 0.05) is 19.6 Å². The number of amides is 1. The van der Waals surface area contributed by atoms with Gasteiger partial charge in [-0.1, -0.05) is 12.1 Å². The Labute approximate surface area is 160 Å². The van der Waals surface area contributed by atoms with Crippen molar-refractivity contribution in [2.75, 3.05) is 27.7 Å². The number of aromatic nitrogens is 2. The van der Waals surface area contributed by atoms with Crippen LogP contribution in [0.15, 0.2) is 30.3 Å². The highest BCUT2D eigenvalue weighted by Gasteiger charge is 2.25. The largest absolute Gasteiger partial charge is 0.497 e. The predicted octanol–water partition coefficient (Wildman–Crippen LogP) is 1.47. The summed E-state index contributed by atoms with van der Waals surface area (Å²) in [6.45, 7) is 5.56. The van der Waals surface area contributed by atoms with Crippen LogP contribution in [0.25, 0.3) is 0 Å². The summed E-state index contributed by atoms with van der Waals surface area (Å²) in [4.78, 5) is 16.5. The number of nitrogens with zero attached hydrogens (tertiary/aromatic N) is 4. The van der Waals surface area contributed by atoms with E-state index in [1.54, 1.807) is 7.11 Å². The first kappa shape index (κ1) is 19.4. The molecule has 1 amide bonds. The first-order chi connectivity index (χ1) is 13.0. The third-order valence-electron chi connectivity index (χ3n) is 4.98. The Hall–Kier alpha value is -2.38. The van der Waals surface area contributed by atoms with E-state index in [1.807, 2.05) is 35.7 Å². The summed E-state index contributed by atoms with van der Waals surface area (Å²) in [5, 5.41) is 7.74. The van der Waals surface area contributed by atoms with Crippen LogP contribution in [-0.2, 0) is 31.0 Å². The van der Waals surface area contributed by atoms with Crippen molar-refractivity contribution in [3.05, 3.63) is 47.3 Å². The molecule has 7 nitrogen and oxygen atoms in total. The molecule has 2 heterocycles. The molecule has 27 heavy (non-hydrogen) atoms. The molecule has 3 rings (SSSR count). The summed E-state index contributed by atoms with van der Waals surface area (Å²) in [6.07, 6.45) is 0. The van der Waals surface area contributed by atoms with Crippen LogP contribution in [0.3, 0.4) is 0 Å². The Morgan fingerprint density at radius 3 is 2.89 bits per heavy atom. The van der Waals surface area contributed by atoms with Crippen LogP contribution >= 0.6 is 0 Å². The minimum Gasteiger partial charge on any atom is -0.497 e. The Bertz CT molecular complexity index is 788. The third kappa shape index (κ3) is 4.67. The quantitative estimate of drug-likeness (QED) is 0.799. The van der Waals surface area contributed by atoms with Crippen molar-refractivity contribution in [1.29, 1.82) is 0 Å². The molecule has 0 fully saturated rings. The minimum absolute atomic E-state index is 0.140. The van der Waals surface area contributed by atoms with Crippen molar-refractivity contribution < 1.29 is 9.53 Å². The number of rotatable bonds is 7. The van der Waals surface area contributed by atoms with Gasteiger partial charge in [0.05, 0.1) is 37.6 Å². The number of ether oxygens (including phenoxy) is 1. The third-order valence-corrected chi connectivity index (χ3v) is 4.98. The van der Waals surface area contributed by atoms with Gasteiger partial charge in [0.25, 0.3) is 0 Å². The van der Waals surface area contributed by atoms with Gasteiger partial charge in [-0.2, -0.15) is 5.10 Å². The van der Waals surface area contributed by atoms with Gasteiger partial charge in [0.2, 0.25) is 5.91 Å². The summed E-state index contributed by atoms with van der Waals surface area (Å²) in [5.74, 6) is 1.01. The summed E-state index contributed by atoms with van der Waals surface area (Å²) in [7, 11) is 5.58. The van der Waals surface area contributed by atoms with Crippen molar-refractivity contribution >= 4 is 5.91 Å². The highest BCUT2D eigenvalue weighted by molar-refractivity contribution is 5.81. The molecule has 0 radical (unpaired) electrons. The first-order valence-corrected chi connectivity index (χ1v) is 9.33. The fourth-order valence-corrected chi connectivity index (χ4v) is 3.40. The standard InChI is InChI=1S/C20H29N5O2/c1-15(21-2)20(26)24-8-9-25-18(14-24)11-17(22-25)13-23(3)12-16-6-5-7-19(10-16)27-4/h5-7,10-11,15,21H,8-9,12-14H2,1-4H3/t15-/m0/s1. The van der Waals surface area contributed by atoms with Gasteiger partial charge in [0.1, 0.15) is 5.75 Å². The number of carbonyl (C=O) groups is 1. The topological polar surface area (TPSA) is 62.6 Å². The van der Waals surface area contributed by atoms with Crippen molar-refractivity contribution in [2.24, 2.45) is 0 Å². The van der Waals surface area contributed by atoms with E-state index in [2.05, 4.69) is 35.5 Å². The van der Waals surface area contributed by atoms with E-state index < -0.39 is 0 Å². The summed E-state index contributed by atoms with van der Waals surface area (Å²) < 4.78 is 7.32. The fourth-order valence-electron chi connectivity index (χ4n) is 3.40. The zero-order valence-corrected chi connectivity index (χ0v) is 16.6. The lowest BCUT2D eigenvalue weighted by molar-refractivity contribution is -0.134. The van der Waals surface area contributed by atoms with Crippen molar-refractivity contribution in [3.8, 4) is 5.75 Å². The minimum atomic E-state index is -0.159. The number of likely N-dealkylation sites (N-methyl/N-ethyl adjacent to an activating group) is 1. The lowest BCUT2D eigenvalue weighted by Gasteiger charge is -2.29. The second-order valence-electron chi connectivity index (χ2n) is 7.14. The maximum absolute atomic E-state index is 12.4. The molecule has 1 aromatic heterocycles. The number of methoxy groups -OCH3 is 1. The van der Waals surface area contributed by atoms with Crippen molar-refractivity contribution in [3.63, 3.8) is 0 Å².